The number of hydrogen-bond acceptors (Lipinski definition) is 2. The van der Waals surface area contributed by atoms with Gasteiger partial charge in [-0.25, -0.2) is 4.39 Å². The molecule has 1 amide bonds. The maximum Gasteiger partial charge on any atom is 0.257 e. The van der Waals surface area contributed by atoms with Gasteiger partial charge in [0.1, 0.15) is 5.82 Å². The van der Waals surface area contributed by atoms with E-state index in [0.29, 0.717) is 5.02 Å². The number of thiocarbonyl (C=S) groups is 1. The fourth-order valence-corrected chi connectivity index (χ4v) is 1.54. The van der Waals surface area contributed by atoms with E-state index in [4.69, 9.17) is 17.3 Å². The number of benzene rings is 1. The van der Waals surface area contributed by atoms with Crippen molar-refractivity contribution in [1.82, 2.24) is 4.90 Å². The Balaban J connectivity index is 2.95. The number of halogens is 2. The van der Waals surface area contributed by atoms with Gasteiger partial charge in [0.05, 0.1) is 17.1 Å². The summed E-state index contributed by atoms with van der Waals surface area (Å²) in [6.45, 7) is 0.0973. The largest absolute Gasteiger partial charge is 0.392 e. The second kappa shape index (κ2) is 5.23. The molecule has 6 heteroatoms. The van der Waals surface area contributed by atoms with Gasteiger partial charge < -0.3 is 10.6 Å². The first-order valence-corrected chi connectivity index (χ1v) is 5.19. The summed E-state index contributed by atoms with van der Waals surface area (Å²) in [6.07, 6.45) is 0. The molecule has 1 aromatic rings. The smallest absolute Gasteiger partial charge is 0.257 e. The summed E-state index contributed by atoms with van der Waals surface area (Å²) in [5, 5.41) is 0.300. The van der Waals surface area contributed by atoms with Crippen LogP contribution in [0.2, 0.25) is 5.02 Å². The van der Waals surface area contributed by atoms with Crippen LogP contribution >= 0.6 is 23.8 Å². The SMILES string of the molecule is CN(CC(N)=S)C(=O)c1cc(Cl)ccc1F. The fraction of sp³-hybridized carbons (Fsp3) is 0.200. The van der Waals surface area contributed by atoms with E-state index in [2.05, 4.69) is 12.2 Å². The molecular formula is C10H10ClFN2OS. The van der Waals surface area contributed by atoms with Gasteiger partial charge in [0, 0.05) is 12.1 Å². The first-order chi connectivity index (χ1) is 7.41. The summed E-state index contributed by atoms with van der Waals surface area (Å²) in [5.74, 6) is -1.13. The van der Waals surface area contributed by atoms with Gasteiger partial charge in [-0.2, -0.15) is 0 Å². The molecule has 0 heterocycles. The minimum absolute atomic E-state index is 0.0914. The molecule has 0 atom stereocenters. The van der Waals surface area contributed by atoms with Crippen LogP contribution in [0.3, 0.4) is 0 Å². The molecule has 0 unspecified atom stereocenters. The van der Waals surface area contributed by atoms with Gasteiger partial charge in [-0.1, -0.05) is 23.8 Å². The predicted molar refractivity (Wildman–Crippen MR) is 65.2 cm³/mol. The van der Waals surface area contributed by atoms with E-state index in [0.717, 1.165) is 6.07 Å². The number of rotatable bonds is 3. The highest BCUT2D eigenvalue weighted by molar-refractivity contribution is 7.80. The zero-order chi connectivity index (χ0) is 12.3. The number of hydrogen-bond donors (Lipinski definition) is 1. The lowest BCUT2D eigenvalue weighted by molar-refractivity contribution is 0.0810. The molecule has 0 fully saturated rings. The summed E-state index contributed by atoms with van der Waals surface area (Å²) in [5.41, 5.74) is 5.20. The number of carbonyl (C=O) groups excluding carboxylic acids is 1. The van der Waals surface area contributed by atoms with Gasteiger partial charge in [-0.05, 0) is 18.2 Å². The minimum Gasteiger partial charge on any atom is -0.392 e. The Kier molecular flexibility index (Phi) is 4.20. The van der Waals surface area contributed by atoms with E-state index in [1.165, 1.54) is 24.1 Å². The minimum atomic E-state index is -0.621. The third kappa shape index (κ3) is 3.15. The second-order valence-corrected chi connectivity index (χ2v) is 4.21. The number of amides is 1. The van der Waals surface area contributed by atoms with Crippen LogP contribution in [-0.2, 0) is 0 Å². The first kappa shape index (κ1) is 12.9. The van der Waals surface area contributed by atoms with Crippen molar-refractivity contribution in [3.05, 3.63) is 34.6 Å². The van der Waals surface area contributed by atoms with Gasteiger partial charge in [0.2, 0.25) is 0 Å². The maximum absolute atomic E-state index is 13.3. The summed E-state index contributed by atoms with van der Waals surface area (Å²) >= 11 is 10.3. The molecule has 0 bridgehead atoms. The highest BCUT2D eigenvalue weighted by Gasteiger charge is 2.16. The Morgan fingerprint density at radius 2 is 2.25 bits per heavy atom. The van der Waals surface area contributed by atoms with E-state index in [1.54, 1.807) is 0 Å². The van der Waals surface area contributed by atoms with Crippen molar-refractivity contribution in [2.45, 2.75) is 0 Å². The Bertz CT molecular complexity index is 439. The molecule has 0 aliphatic carbocycles. The van der Waals surface area contributed by atoms with E-state index < -0.39 is 11.7 Å². The molecule has 0 aromatic heterocycles. The van der Waals surface area contributed by atoms with Crippen LogP contribution < -0.4 is 5.73 Å². The zero-order valence-electron chi connectivity index (χ0n) is 8.54. The van der Waals surface area contributed by atoms with Crippen LogP contribution in [-0.4, -0.2) is 29.4 Å². The second-order valence-electron chi connectivity index (χ2n) is 3.25. The number of nitrogens with two attached hydrogens (primary N) is 1. The van der Waals surface area contributed by atoms with Crippen molar-refractivity contribution >= 4 is 34.7 Å². The lowest BCUT2D eigenvalue weighted by Gasteiger charge is -2.16. The highest BCUT2D eigenvalue weighted by atomic mass is 35.5. The third-order valence-electron chi connectivity index (χ3n) is 1.90. The van der Waals surface area contributed by atoms with Crippen LogP contribution in [0, 0.1) is 5.82 Å². The normalized spacial score (nSPS) is 9.94. The summed E-state index contributed by atoms with van der Waals surface area (Å²) in [6, 6.07) is 3.79. The molecule has 0 aliphatic rings. The zero-order valence-corrected chi connectivity index (χ0v) is 10.1. The van der Waals surface area contributed by atoms with Crippen molar-refractivity contribution < 1.29 is 9.18 Å². The molecule has 0 saturated heterocycles. The van der Waals surface area contributed by atoms with E-state index in [1.807, 2.05) is 0 Å². The lowest BCUT2D eigenvalue weighted by Crippen LogP contribution is -2.34. The van der Waals surface area contributed by atoms with Crippen molar-refractivity contribution in [3.8, 4) is 0 Å². The van der Waals surface area contributed by atoms with E-state index >= 15 is 0 Å². The van der Waals surface area contributed by atoms with Crippen molar-refractivity contribution in [2.75, 3.05) is 13.6 Å². The van der Waals surface area contributed by atoms with Gasteiger partial charge >= 0.3 is 0 Å². The van der Waals surface area contributed by atoms with Crippen LogP contribution in [0.1, 0.15) is 10.4 Å². The molecule has 0 saturated carbocycles. The molecule has 0 spiro atoms. The quantitative estimate of drug-likeness (QED) is 0.844. The van der Waals surface area contributed by atoms with Gasteiger partial charge in [-0.3, -0.25) is 4.79 Å². The lowest BCUT2D eigenvalue weighted by atomic mass is 10.2. The van der Waals surface area contributed by atoms with Crippen LogP contribution in [0.4, 0.5) is 4.39 Å². The topological polar surface area (TPSA) is 46.3 Å². The summed E-state index contributed by atoms with van der Waals surface area (Å²) < 4.78 is 13.3. The van der Waals surface area contributed by atoms with Crippen LogP contribution in [0.15, 0.2) is 18.2 Å². The molecule has 0 aliphatic heterocycles. The van der Waals surface area contributed by atoms with Crippen molar-refractivity contribution in [2.24, 2.45) is 5.73 Å². The summed E-state index contributed by atoms with van der Waals surface area (Å²) in [7, 11) is 1.49. The van der Waals surface area contributed by atoms with Crippen LogP contribution in [0.25, 0.3) is 0 Å². The van der Waals surface area contributed by atoms with Crippen molar-refractivity contribution in [1.29, 1.82) is 0 Å². The fourth-order valence-electron chi connectivity index (χ4n) is 1.17. The number of nitrogens with zero attached hydrogens (tertiary/aromatic N) is 1. The third-order valence-corrected chi connectivity index (χ3v) is 2.26. The Morgan fingerprint density at radius 1 is 1.62 bits per heavy atom. The maximum atomic E-state index is 13.3. The Labute approximate surface area is 103 Å². The van der Waals surface area contributed by atoms with Crippen molar-refractivity contribution in [3.63, 3.8) is 0 Å². The average Bonchev–Trinajstić information content (AvgIpc) is 2.19. The number of likely N-dealkylation sites (N-methyl/N-ethyl adjacent to an activating group) is 1. The Hall–Kier alpha value is -1.20. The molecular weight excluding hydrogens is 251 g/mol. The molecule has 1 rings (SSSR count). The molecule has 16 heavy (non-hydrogen) atoms. The van der Waals surface area contributed by atoms with Crippen LogP contribution in [0.5, 0.6) is 0 Å². The van der Waals surface area contributed by atoms with E-state index in [9.17, 15) is 9.18 Å². The van der Waals surface area contributed by atoms with E-state index in [-0.39, 0.29) is 17.1 Å². The first-order valence-electron chi connectivity index (χ1n) is 4.40. The van der Waals surface area contributed by atoms with Gasteiger partial charge in [-0.15, -0.1) is 0 Å². The molecule has 1 aromatic carbocycles. The molecule has 3 nitrogen and oxygen atoms in total. The molecule has 2 N–H and O–H groups in total. The number of carbonyl (C=O) groups is 1. The molecule has 0 radical (unpaired) electrons. The van der Waals surface area contributed by atoms with Gasteiger partial charge in [0.25, 0.3) is 5.91 Å². The summed E-state index contributed by atoms with van der Waals surface area (Å²) in [4.78, 5) is 13.2. The molecule has 86 valence electrons. The standard InChI is InChI=1S/C10H10ClFN2OS/c1-14(5-9(13)16)10(15)7-4-6(11)2-3-8(7)12/h2-4H,5H2,1H3,(H2,13,16). The Morgan fingerprint density at radius 3 is 2.81 bits per heavy atom. The highest BCUT2D eigenvalue weighted by Crippen LogP contribution is 2.16. The predicted octanol–water partition coefficient (Wildman–Crippen LogP) is 1.84. The monoisotopic (exact) mass is 260 g/mol. The van der Waals surface area contributed by atoms with Gasteiger partial charge in [0.15, 0.2) is 0 Å². The average molecular weight is 261 g/mol.